The number of hydrogen-bond donors (Lipinski definition) is 1. The van der Waals surface area contributed by atoms with E-state index in [0.717, 1.165) is 24.2 Å². The highest BCUT2D eigenvalue weighted by Gasteiger charge is 2.09. The average molecular weight is 359 g/mol. The molecule has 0 aliphatic heterocycles. The van der Waals surface area contributed by atoms with Crippen molar-refractivity contribution in [3.63, 3.8) is 0 Å². The van der Waals surface area contributed by atoms with Crippen molar-refractivity contribution in [1.82, 2.24) is 14.9 Å². The Balaban J connectivity index is 2.31. The molecule has 0 spiro atoms. The van der Waals surface area contributed by atoms with Crippen LogP contribution in [0.4, 0.5) is 0 Å². The lowest BCUT2D eigenvalue weighted by Gasteiger charge is -2.08. The minimum Gasteiger partial charge on any atom is -0.491 e. The van der Waals surface area contributed by atoms with Crippen molar-refractivity contribution in [2.75, 3.05) is 6.61 Å². The summed E-state index contributed by atoms with van der Waals surface area (Å²) in [6.45, 7) is 4.44. The van der Waals surface area contributed by atoms with Gasteiger partial charge in [-0.05, 0) is 43.3 Å². The van der Waals surface area contributed by atoms with Crippen LogP contribution in [-0.2, 0) is 6.42 Å². The number of rotatable bonds is 6. The summed E-state index contributed by atoms with van der Waals surface area (Å²) in [5, 5.41) is 12.1. The number of aryl methyl sites for hydroxylation is 1. The Morgan fingerprint density at radius 3 is 2.64 bits per heavy atom. The Morgan fingerprint density at radius 2 is 2.05 bits per heavy atom. The first-order valence-electron chi connectivity index (χ1n) is 6.89. The number of nitrogens with zero attached hydrogens (tertiary/aromatic N) is 3. The molecule has 2 aromatic rings. The van der Waals surface area contributed by atoms with Gasteiger partial charge in [-0.1, -0.05) is 30.1 Å². The quantitative estimate of drug-likeness (QED) is 0.611. The number of aromatic amines is 1. The molecule has 0 saturated carbocycles. The molecule has 5 nitrogen and oxygen atoms in total. The third kappa shape index (κ3) is 3.88. The lowest BCUT2D eigenvalue weighted by molar-refractivity contribution is 0.340. The highest BCUT2D eigenvalue weighted by Crippen LogP contribution is 2.33. The average Bonchev–Trinajstić information content (AvgIpc) is 2.82. The standard InChI is InChI=1S/C14H16Cl2N4OS/c1-3-5-12-18-19-14(22)20(12)17-8-9-6-10(15)13(21-4-2)11(16)7-9/h6-8H,3-5H2,1-2H3,(H,19,22)/b17-8-. The molecule has 0 fully saturated rings. The van der Waals surface area contributed by atoms with Crippen LogP contribution in [0, 0.1) is 4.77 Å². The number of hydrogen-bond acceptors (Lipinski definition) is 4. The Morgan fingerprint density at radius 1 is 1.36 bits per heavy atom. The molecule has 1 N–H and O–H groups in total. The van der Waals surface area contributed by atoms with E-state index in [2.05, 4.69) is 22.2 Å². The maximum Gasteiger partial charge on any atom is 0.216 e. The summed E-state index contributed by atoms with van der Waals surface area (Å²) in [6, 6.07) is 3.48. The van der Waals surface area contributed by atoms with E-state index in [-0.39, 0.29) is 0 Å². The van der Waals surface area contributed by atoms with Crippen LogP contribution >= 0.6 is 35.4 Å². The van der Waals surface area contributed by atoms with Gasteiger partial charge in [-0.3, -0.25) is 5.10 Å². The molecule has 0 amide bonds. The second-order valence-corrected chi connectivity index (χ2v) is 5.70. The SMILES string of the molecule is CCCc1n[nH]c(=S)n1/N=C\c1cc(Cl)c(OCC)c(Cl)c1. The Hall–Kier alpha value is -1.37. The van der Waals surface area contributed by atoms with Crippen LogP contribution in [-0.4, -0.2) is 27.7 Å². The highest BCUT2D eigenvalue weighted by molar-refractivity contribution is 7.71. The number of nitrogens with one attached hydrogen (secondary N) is 1. The second-order valence-electron chi connectivity index (χ2n) is 4.50. The van der Waals surface area contributed by atoms with Gasteiger partial charge >= 0.3 is 0 Å². The smallest absolute Gasteiger partial charge is 0.216 e. The second kappa shape index (κ2) is 7.76. The molecular weight excluding hydrogens is 343 g/mol. The molecule has 0 radical (unpaired) electrons. The molecule has 0 aliphatic rings. The van der Waals surface area contributed by atoms with Crippen molar-refractivity contribution in [3.05, 3.63) is 38.3 Å². The minimum atomic E-state index is 0.445. The first kappa shape index (κ1) is 17.0. The van der Waals surface area contributed by atoms with Crippen LogP contribution in [0.1, 0.15) is 31.7 Å². The zero-order valence-electron chi connectivity index (χ0n) is 12.3. The summed E-state index contributed by atoms with van der Waals surface area (Å²) in [7, 11) is 0. The number of benzene rings is 1. The first-order valence-corrected chi connectivity index (χ1v) is 8.05. The van der Waals surface area contributed by atoms with Gasteiger partial charge in [-0.25, -0.2) is 0 Å². The monoisotopic (exact) mass is 358 g/mol. The summed E-state index contributed by atoms with van der Waals surface area (Å²) < 4.78 is 7.44. The summed E-state index contributed by atoms with van der Waals surface area (Å²) in [5.74, 6) is 1.27. The van der Waals surface area contributed by atoms with Crippen molar-refractivity contribution in [2.45, 2.75) is 26.7 Å². The predicted octanol–water partition coefficient (Wildman–Crippen LogP) is 4.48. The molecule has 1 aromatic heterocycles. The van der Waals surface area contributed by atoms with Gasteiger partial charge in [0.15, 0.2) is 11.6 Å². The van der Waals surface area contributed by atoms with Crippen molar-refractivity contribution in [3.8, 4) is 5.75 Å². The van der Waals surface area contributed by atoms with Gasteiger partial charge in [-0.15, -0.1) is 0 Å². The summed E-state index contributed by atoms with van der Waals surface area (Å²) in [5.41, 5.74) is 0.754. The fourth-order valence-electron chi connectivity index (χ4n) is 1.89. The fraction of sp³-hybridized carbons (Fsp3) is 0.357. The molecule has 22 heavy (non-hydrogen) atoms. The Kier molecular flexibility index (Phi) is 5.99. The third-order valence-corrected chi connectivity index (χ3v) is 3.65. The maximum atomic E-state index is 6.17. The van der Waals surface area contributed by atoms with Crippen molar-refractivity contribution < 1.29 is 4.74 Å². The Bertz CT molecular complexity index is 716. The molecule has 0 unspecified atom stereocenters. The van der Waals surface area contributed by atoms with Gasteiger partial charge in [0.2, 0.25) is 4.77 Å². The van der Waals surface area contributed by atoms with Crippen molar-refractivity contribution in [2.24, 2.45) is 5.10 Å². The van der Waals surface area contributed by atoms with Gasteiger partial charge in [0.05, 0.1) is 22.9 Å². The predicted molar refractivity (Wildman–Crippen MR) is 92.0 cm³/mol. The van der Waals surface area contributed by atoms with E-state index in [1.165, 1.54) is 0 Å². The molecule has 1 aromatic carbocycles. The lowest BCUT2D eigenvalue weighted by Crippen LogP contribution is -1.99. The molecule has 0 saturated heterocycles. The lowest BCUT2D eigenvalue weighted by atomic mass is 10.2. The topological polar surface area (TPSA) is 55.2 Å². The van der Waals surface area contributed by atoms with Crippen molar-refractivity contribution >= 4 is 41.6 Å². The van der Waals surface area contributed by atoms with Gasteiger partial charge in [0.1, 0.15) is 0 Å². The van der Waals surface area contributed by atoms with E-state index in [4.69, 9.17) is 40.2 Å². The molecular formula is C14H16Cl2N4OS. The van der Waals surface area contributed by atoms with Gasteiger partial charge in [-0.2, -0.15) is 14.9 Å². The van der Waals surface area contributed by atoms with E-state index in [1.807, 2.05) is 6.92 Å². The van der Waals surface area contributed by atoms with Crippen LogP contribution in [0.2, 0.25) is 10.0 Å². The normalized spacial score (nSPS) is 11.3. The van der Waals surface area contributed by atoms with Gasteiger partial charge in [0.25, 0.3) is 0 Å². The fourth-order valence-corrected chi connectivity index (χ4v) is 2.70. The van der Waals surface area contributed by atoms with Gasteiger partial charge < -0.3 is 4.74 Å². The van der Waals surface area contributed by atoms with Crippen LogP contribution in [0.3, 0.4) is 0 Å². The maximum absolute atomic E-state index is 6.17. The van der Waals surface area contributed by atoms with Crippen LogP contribution in [0.25, 0.3) is 0 Å². The van der Waals surface area contributed by atoms with Crippen LogP contribution < -0.4 is 4.74 Å². The van der Waals surface area contributed by atoms with Crippen molar-refractivity contribution in [1.29, 1.82) is 0 Å². The van der Waals surface area contributed by atoms with Crippen LogP contribution in [0.15, 0.2) is 17.2 Å². The van der Waals surface area contributed by atoms with E-state index in [9.17, 15) is 0 Å². The summed E-state index contributed by atoms with van der Waals surface area (Å²) >= 11 is 17.5. The Labute approximate surface area is 143 Å². The first-order chi connectivity index (χ1) is 10.6. The molecule has 8 heteroatoms. The number of halogens is 2. The number of H-pyrrole nitrogens is 1. The largest absolute Gasteiger partial charge is 0.491 e. The van der Waals surface area contributed by atoms with Crippen LogP contribution in [0.5, 0.6) is 5.75 Å². The number of aromatic nitrogens is 3. The molecule has 118 valence electrons. The van der Waals surface area contributed by atoms with E-state index < -0.39 is 0 Å². The molecule has 0 bridgehead atoms. The summed E-state index contributed by atoms with van der Waals surface area (Å²) in [6.07, 6.45) is 3.38. The van der Waals surface area contributed by atoms with Gasteiger partial charge in [0, 0.05) is 6.42 Å². The summed E-state index contributed by atoms with van der Waals surface area (Å²) in [4.78, 5) is 0. The highest BCUT2D eigenvalue weighted by atomic mass is 35.5. The van der Waals surface area contributed by atoms with E-state index >= 15 is 0 Å². The third-order valence-electron chi connectivity index (χ3n) is 2.82. The number of ether oxygens (including phenoxy) is 1. The molecule has 0 atom stereocenters. The van der Waals surface area contributed by atoms with E-state index in [1.54, 1.807) is 23.0 Å². The molecule has 1 heterocycles. The zero-order chi connectivity index (χ0) is 16.1. The zero-order valence-corrected chi connectivity index (χ0v) is 14.6. The minimum absolute atomic E-state index is 0.445. The molecule has 2 rings (SSSR count). The van der Waals surface area contributed by atoms with E-state index in [0.29, 0.717) is 27.2 Å². The molecule has 0 aliphatic carbocycles.